The quantitative estimate of drug-likeness (QED) is 0.804. The standard InChI is InChI=1S/C14H23NOS/c1-4-12-10-17-13(15-12)14(16-5-2)8-6-11(3)7-9-14/h10-11H,4-9H2,1-3H3. The summed E-state index contributed by atoms with van der Waals surface area (Å²) in [5.74, 6) is 0.842. The van der Waals surface area contributed by atoms with Crippen molar-refractivity contribution in [1.29, 1.82) is 0 Å². The van der Waals surface area contributed by atoms with E-state index in [-0.39, 0.29) is 5.60 Å². The first kappa shape index (κ1) is 13.0. The van der Waals surface area contributed by atoms with Crippen molar-refractivity contribution in [2.24, 2.45) is 5.92 Å². The van der Waals surface area contributed by atoms with Gasteiger partial charge in [0.15, 0.2) is 0 Å². The molecule has 3 heteroatoms. The van der Waals surface area contributed by atoms with Crippen LogP contribution in [0.2, 0.25) is 0 Å². The van der Waals surface area contributed by atoms with E-state index in [4.69, 9.17) is 9.72 Å². The number of aromatic nitrogens is 1. The second-order valence-electron chi connectivity index (χ2n) is 5.11. The van der Waals surface area contributed by atoms with Gasteiger partial charge in [0.25, 0.3) is 0 Å². The molecule has 0 atom stereocenters. The molecule has 0 unspecified atom stereocenters. The van der Waals surface area contributed by atoms with Crippen LogP contribution in [-0.4, -0.2) is 11.6 Å². The van der Waals surface area contributed by atoms with Crippen molar-refractivity contribution >= 4 is 11.3 Å². The minimum absolute atomic E-state index is 0.0701. The van der Waals surface area contributed by atoms with Crippen LogP contribution in [0.1, 0.15) is 57.2 Å². The van der Waals surface area contributed by atoms with Gasteiger partial charge in [-0.1, -0.05) is 13.8 Å². The molecule has 0 radical (unpaired) electrons. The Hall–Kier alpha value is -0.410. The van der Waals surface area contributed by atoms with Crippen LogP contribution in [0.3, 0.4) is 0 Å². The molecule has 1 fully saturated rings. The zero-order valence-electron chi connectivity index (χ0n) is 11.2. The zero-order valence-corrected chi connectivity index (χ0v) is 12.0. The van der Waals surface area contributed by atoms with Crippen molar-refractivity contribution in [3.63, 3.8) is 0 Å². The molecule has 0 aliphatic heterocycles. The fraction of sp³-hybridized carbons (Fsp3) is 0.786. The van der Waals surface area contributed by atoms with Gasteiger partial charge >= 0.3 is 0 Å². The molecule has 1 aliphatic rings. The Labute approximate surface area is 108 Å². The van der Waals surface area contributed by atoms with Gasteiger partial charge < -0.3 is 4.74 Å². The zero-order chi connectivity index (χ0) is 12.3. The number of nitrogens with zero attached hydrogens (tertiary/aromatic N) is 1. The molecule has 1 aromatic heterocycles. The molecular weight excluding hydrogens is 230 g/mol. The van der Waals surface area contributed by atoms with Crippen molar-refractivity contribution in [3.8, 4) is 0 Å². The van der Waals surface area contributed by atoms with Crippen LogP contribution in [0, 0.1) is 5.92 Å². The van der Waals surface area contributed by atoms with Crippen molar-refractivity contribution < 1.29 is 4.74 Å². The molecule has 0 amide bonds. The van der Waals surface area contributed by atoms with E-state index in [1.165, 1.54) is 23.5 Å². The van der Waals surface area contributed by atoms with E-state index in [1.54, 1.807) is 11.3 Å². The maximum absolute atomic E-state index is 6.11. The first-order chi connectivity index (χ1) is 8.20. The summed E-state index contributed by atoms with van der Waals surface area (Å²) < 4.78 is 6.11. The Kier molecular flexibility index (Phi) is 4.21. The molecule has 0 aromatic carbocycles. The second kappa shape index (κ2) is 5.49. The smallest absolute Gasteiger partial charge is 0.125 e. The summed E-state index contributed by atoms with van der Waals surface area (Å²) in [7, 11) is 0. The molecule has 1 aliphatic carbocycles. The summed E-state index contributed by atoms with van der Waals surface area (Å²) in [6.07, 6.45) is 5.83. The first-order valence-corrected chi connectivity index (χ1v) is 7.67. The van der Waals surface area contributed by atoms with Crippen LogP contribution >= 0.6 is 11.3 Å². The molecule has 1 aromatic rings. The van der Waals surface area contributed by atoms with Crippen LogP contribution in [0.15, 0.2) is 5.38 Å². The van der Waals surface area contributed by atoms with Gasteiger partial charge in [0, 0.05) is 12.0 Å². The number of rotatable bonds is 4. The van der Waals surface area contributed by atoms with E-state index < -0.39 is 0 Å². The van der Waals surface area contributed by atoms with Gasteiger partial charge in [-0.15, -0.1) is 11.3 Å². The van der Waals surface area contributed by atoms with Crippen LogP contribution in [-0.2, 0) is 16.8 Å². The topological polar surface area (TPSA) is 22.1 Å². The molecule has 0 N–H and O–H groups in total. The van der Waals surface area contributed by atoms with Crippen molar-refractivity contribution in [1.82, 2.24) is 4.98 Å². The number of ether oxygens (including phenoxy) is 1. The normalized spacial score (nSPS) is 29.5. The molecule has 2 rings (SSSR count). The first-order valence-electron chi connectivity index (χ1n) is 6.79. The highest BCUT2D eigenvalue weighted by Gasteiger charge is 2.38. The summed E-state index contributed by atoms with van der Waals surface area (Å²) in [4.78, 5) is 4.76. The monoisotopic (exact) mass is 253 g/mol. The fourth-order valence-electron chi connectivity index (χ4n) is 2.60. The lowest BCUT2D eigenvalue weighted by atomic mass is 9.79. The molecule has 1 saturated carbocycles. The third-order valence-electron chi connectivity index (χ3n) is 3.81. The number of hydrogen-bond acceptors (Lipinski definition) is 3. The van der Waals surface area contributed by atoms with Crippen molar-refractivity contribution in [2.75, 3.05) is 6.61 Å². The summed E-state index contributed by atoms with van der Waals surface area (Å²) in [5.41, 5.74) is 1.14. The highest BCUT2D eigenvalue weighted by molar-refractivity contribution is 7.09. The highest BCUT2D eigenvalue weighted by Crippen LogP contribution is 2.43. The predicted octanol–water partition coefficient (Wildman–Crippen LogP) is 4.15. The van der Waals surface area contributed by atoms with Gasteiger partial charge in [0.1, 0.15) is 10.6 Å². The van der Waals surface area contributed by atoms with E-state index >= 15 is 0 Å². The SMILES string of the molecule is CCOC1(c2nc(CC)cs2)CCC(C)CC1. The third kappa shape index (κ3) is 2.71. The number of aryl methyl sites for hydroxylation is 1. The van der Waals surface area contributed by atoms with Gasteiger partial charge in [-0.25, -0.2) is 4.98 Å². The summed E-state index contributed by atoms with van der Waals surface area (Å²) >= 11 is 1.78. The predicted molar refractivity (Wildman–Crippen MR) is 72.4 cm³/mol. The Balaban J connectivity index is 2.21. The minimum atomic E-state index is -0.0701. The van der Waals surface area contributed by atoms with Gasteiger partial charge in [0.2, 0.25) is 0 Å². The molecule has 0 saturated heterocycles. The minimum Gasteiger partial charge on any atom is -0.368 e. The molecule has 17 heavy (non-hydrogen) atoms. The van der Waals surface area contributed by atoms with Crippen LogP contribution in [0.4, 0.5) is 0 Å². The summed E-state index contributed by atoms with van der Waals surface area (Å²) in [5, 5.41) is 3.40. The molecular formula is C14H23NOS. The molecule has 96 valence electrons. The molecule has 0 spiro atoms. The van der Waals surface area contributed by atoms with Crippen LogP contribution < -0.4 is 0 Å². The molecule has 2 nitrogen and oxygen atoms in total. The van der Waals surface area contributed by atoms with Crippen molar-refractivity contribution in [3.05, 3.63) is 16.1 Å². The van der Waals surface area contributed by atoms with Gasteiger partial charge in [-0.3, -0.25) is 0 Å². The fourth-order valence-corrected chi connectivity index (χ4v) is 3.72. The Bertz CT molecular complexity index is 353. The van der Waals surface area contributed by atoms with Gasteiger partial charge in [0.05, 0.1) is 5.69 Å². The third-order valence-corrected chi connectivity index (χ3v) is 4.88. The van der Waals surface area contributed by atoms with E-state index in [1.807, 2.05) is 0 Å². The highest BCUT2D eigenvalue weighted by atomic mass is 32.1. The van der Waals surface area contributed by atoms with E-state index in [2.05, 4.69) is 26.2 Å². The lowest BCUT2D eigenvalue weighted by Gasteiger charge is -2.37. The lowest BCUT2D eigenvalue weighted by molar-refractivity contribution is -0.0777. The maximum Gasteiger partial charge on any atom is 0.125 e. The van der Waals surface area contributed by atoms with E-state index in [0.717, 1.165) is 31.8 Å². The largest absolute Gasteiger partial charge is 0.368 e. The molecule has 0 bridgehead atoms. The number of thiazole rings is 1. The van der Waals surface area contributed by atoms with Crippen LogP contribution in [0.5, 0.6) is 0 Å². The van der Waals surface area contributed by atoms with Crippen molar-refractivity contribution in [2.45, 2.75) is 58.5 Å². The lowest BCUT2D eigenvalue weighted by Crippen LogP contribution is -2.34. The summed E-state index contributed by atoms with van der Waals surface area (Å²) in [6.45, 7) is 7.38. The maximum atomic E-state index is 6.11. The average molecular weight is 253 g/mol. The van der Waals surface area contributed by atoms with Gasteiger partial charge in [-0.2, -0.15) is 0 Å². The average Bonchev–Trinajstić information content (AvgIpc) is 2.82. The van der Waals surface area contributed by atoms with Gasteiger partial charge in [-0.05, 0) is 44.9 Å². The van der Waals surface area contributed by atoms with E-state index in [9.17, 15) is 0 Å². The van der Waals surface area contributed by atoms with E-state index in [0.29, 0.717) is 0 Å². The second-order valence-corrected chi connectivity index (χ2v) is 5.97. The summed E-state index contributed by atoms with van der Waals surface area (Å²) in [6, 6.07) is 0. The van der Waals surface area contributed by atoms with Crippen LogP contribution in [0.25, 0.3) is 0 Å². The molecule has 1 heterocycles. The Morgan fingerprint density at radius 1 is 1.41 bits per heavy atom. The Morgan fingerprint density at radius 2 is 2.12 bits per heavy atom. The Morgan fingerprint density at radius 3 is 2.65 bits per heavy atom. The number of hydrogen-bond donors (Lipinski definition) is 0.